The molecule has 14 heavy (non-hydrogen) atoms. The van der Waals surface area contributed by atoms with Crippen molar-refractivity contribution in [3.63, 3.8) is 0 Å². The smallest absolute Gasteiger partial charge is 0.185 e. The number of hydrogen-bond acceptors (Lipinski definition) is 3. The summed E-state index contributed by atoms with van der Waals surface area (Å²) in [6.45, 7) is 4.07. The molecular weight excluding hydrogens is 200 g/mol. The molecule has 4 heteroatoms. The average molecular weight is 215 g/mol. The predicted octanol–water partition coefficient (Wildman–Crippen LogP) is 1.55. The first-order valence-corrected chi connectivity index (χ1v) is 5.43. The SMILES string of the molecule is CC12CCC(/C(=N/N)C1=O)C2(C)CCl. The lowest BCUT2D eigenvalue weighted by Crippen LogP contribution is -2.36. The van der Waals surface area contributed by atoms with E-state index in [1.807, 2.05) is 6.92 Å². The molecule has 2 rings (SSSR count). The number of rotatable bonds is 1. The van der Waals surface area contributed by atoms with Crippen molar-refractivity contribution in [3.05, 3.63) is 0 Å². The molecule has 2 saturated carbocycles. The number of nitrogens with zero attached hydrogens (tertiary/aromatic N) is 1. The number of hydrazone groups is 1. The molecule has 2 aliphatic carbocycles. The fraction of sp³-hybridized carbons (Fsp3) is 0.800. The van der Waals surface area contributed by atoms with Gasteiger partial charge in [0.25, 0.3) is 0 Å². The summed E-state index contributed by atoms with van der Waals surface area (Å²) in [5.74, 6) is 6.05. The van der Waals surface area contributed by atoms with Crippen molar-refractivity contribution in [1.82, 2.24) is 0 Å². The Morgan fingerprint density at radius 2 is 2.29 bits per heavy atom. The number of hydrogen-bond donors (Lipinski definition) is 1. The lowest BCUT2D eigenvalue weighted by Gasteiger charge is -2.33. The molecule has 0 amide bonds. The number of halogens is 1. The van der Waals surface area contributed by atoms with Gasteiger partial charge in [-0.05, 0) is 12.8 Å². The van der Waals surface area contributed by atoms with E-state index >= 15 is 0 Å². The molecule has 3 nitrogen and oxygen atoms in total. The molecule has 0 aromatic heterocycles. The van der Waals surface area contributed by atoms with Gasteiger partial charge in [-0.15, -0.1) is 11.6 Å². The van der Waals surface area contributed by atoms with Gasteiger partial charge in [0.2, 0.25) is 0 Å². The molecule has 2 aliphatic rings. The first kappa shape index (κ1) is 9.97. The third-order valence-electron chi connectivity index (χ3n) is 4.44. The van der Waals surface area contributed by atoms with Crippen LogP contribution in [0.5, 0.6) is 0 Å². The Labute approximate surface area is 88.7 Å². The average Bonchev–Trinajstić information content (AvgIpc) is 2.52. The van der Waals surface area contributed by atoms with E-state index in [1.165, 1.54) is 0 Å². The van der Waals surface area contributed by atoms with Crippen molar-refractivity contribution in [3.8, 4) is 0 Å². The lowest BCUT2D eigenvalue weighted by atomic mass is 9.70. The van der Waals surface area contributed by atoms with Crippen LogP contribution in [-0.2, 0) is 4.79 Å². The van der Waals surface area contributed by atoms with Gasteiger partial charge in [-0.3, -0.25) is 4.79 Å². The quantitative estimate of drug-likeness (QED) is 0.409. The Morgan fingerprint density at radius 1 is 1.64 bits per heavy atom. The Kier molecular flexibility index (Phi) is 1.94. The Bertz CT molecular complexity index is 328. The van der Waals surface area contributed by atoms with Gasteiger partial charge in [0.15, 0.2) is 5.78 Å². The first-order chi connectivity index (χ1) is 6.51. The van der Waals surface area contributed by atoms with Crippen molar-refractivity contribution in [2.75, 3.05) is 5.88 Å². The topological polar surface area (TPSA) is 55.4 Å². The van der Waals surface area contributed by atoms with Crippen molar-refractivity contribution < 1.29 is 4.79 Å². The van der Waals surface area contributed by atoms with Crippen molar-refractivity contribution >= 4 is 23.1 Å². The van der Waals surface area contributed by atoms with E-state index in [1.54, 1.807) is 0 Å². The molecule has 0 spiro atoms. The third-order valence-corrected chi connectivity index (χ3v) is 5.00. The first-order valence-electron chi connectivity index (χ1n) is 4.90. The van der Waals surface area contributed by atoms with Crippen LogP contribution in [0.3, 0.4) is 0 Å². The van der Waals surface area contributed by atoms with Gasteiger partial charge in [0.05, 0.1) is 0 Å². The van der Waals surface area contributed by atoms with E-state index < -0.39 is 0 Å². The summed E-state index contributed by atoms with van der Waals surface area (Å²) in [6.07, 6.45) is 1.90. The van der Waals surface area contributed by atoms with Gasteiger partial charge in [-0.1, -0.05) is 13.8 Å². The number of carbonyl (C=O) groups excluding carboxylic acids is 1. The van der Waals surface area contributed by atoms with E-state index in [4.69, 9.17) is 17.4 Å². The zero-order valence-electron chi connectivity index (χ0n) is 8.51. The fourth-order valence-electron chi connectivity index (χ4n) is 3.06. The second-order valence-electron chi connectivity index (χ2n) is 4.82. The van der Waals surface area contributed by atoms with Crippen molar-refractivity contribution in [2.24, 2.45) is 27.7 Å². The van der Waals surface area contributed by atoms with Crippen LogP contribution in [0, 0.1) is 16.7 Å². The molecule has 0 aromatic carbocycles. The summed E-state index contributed by atoms with van der Waals surface area (Å²) in [7, 11) is 0. The van der Waals surface area contributed by atoms with Crippen LogP contribution in [0.4, 0.5) is 0 Å². The molecule has 2 bridgehead atoms. The molecule has 2 fully saturated rings. The molecule has 3 atom stereocenters. The number of nitrogens with two attached hydrogens (primary N) is 1. The summed E-state index contributed by atoms with van der Waals surface area (Å²) in [4.78, 5) is 12.0. The Morgan fingerprint density at radius 3 is 2.64 bits per heavy atom. The van der Waals surface area contributed by atoms with Gasteiger partial charge in [0.1, 0.15) is 5.71 Å². The van der Waals surface area contributed by atoms with Crippen LogP contribution in [0.2, 0.25) is 0 Å². The summed E-state index contributed by atoms with van der Waals surface area (Å²) < 4.78 is 0. The van der Waals surface area contributed by atoms with Crippen LogP contribution in [0.1, 0.15) is 26.7 Å². The van der Waals surface area contributed by atoms with Gasteiger partial charge in [-0.25, -0.2) is 0 Å². The lowest BCUT2D eigenvalue weighted by molar-refractivity contribution is -0.123. The molecule has 3 unspecified atom stereocenters. The highest BCUT2D eigenvalue weighted by Crippen LogP contribution is 2.62. The molecule has 0 saturated heterocycles. The maximum Gasteiger partial charge on any atom is 0.185 e. The van der Waals surface area contributed by atoms with E-state index in [0.717, 1.165) is 12.8 Å². The highest BCUT2D eigenvalue weighted by molar-refractivity contribution is 6.46. The third kappa shape index (κ3) is 0.800. The number of alkyl halides is 1. The van der Waals surface area contributed by atoms with Gasteiger partial charge < -0.3 is 5.84 Å². The van der Waals surface area contributed by atoms with Crippen LogP contribution in [0.15, 0.2) is 5.10 Å². The van der Waals surface area contributed by atoms with Crippen LogP contribution < -0.4 is 5.84 Å². The summed E-state index contributed by atoms with van der Waals surface area (Å²) in [5, 5.41) is 3.65. The van der Waals surface area contributed by atoms with Crippen LogP contribution >= 0.6 is 11.6 Å². The van der Waals surface area contributed by atoms with Crippen LogP contribution in [-0.4, -0.2) is 17.4 Å². The summed E-state index contributed by atoms with van der Waals surface area (Å²) in [6, 6.07) is 0. The second-order valence-corrected chi connectivity index (χ2v) is 5.09. The molecule has 0 heterocycles. The number of Topliss-reactive ketones (excluding diaryl/α,β-unsaturated/α-hetero) is 1. The largest absolute Gasteiger partial charge is 0.323 e. The van der Waals surface area contributed by atoms with Gasteiger partial charge in [0, 0.05) is 22.6 Å². The van der Waals surface area contributed by atoms with Crippen molar-refractivity contribution in [1.29, 1.82) is 0 Å². The second kappa shape index (κ2) is 2.72. The Hall–Kier alpha value is -0.570. The van der Waals surface area contributed by atoms with Crippen molar-refractivity contribution in [2.45, 2.75) is 26.7 Å². The van der Waals surface area contributed by atoms with E-state index in [2.05, 4.69) is 12.0 Å². The van der Waals surface area contributed by atoms with Crippen LogP contribution in [0.25, 0.3) is 0 Å². The zero-order chi connectivity index (χ0) is 10.6. The molecule has 0 radical (unpaired) electrons. The number of carbonyl (C=O) groups is 1. The minimum atomic E-state index is -0.336. The Balaban J connectivity index is 2.56. The summed E-state index contributed by atoms with van der Waals surface area (Å²) >= 11 is 6.01. The number of ketones is 1. The molecule has 78 valence electrons. The zero-order valence-corrected chi connectivity index (χ0v) is 9.27. The number of fused-ring (bicyclic) bond motifs is 2. The molecular formula is C10H15ClN2O. The highest BCUT2D eigenvalue weighted by atomic mass is 35.5. The van der Waals surface area contributed by atoms with E-state index in [0.29, 0.717) is 11.6 Å². The maximum atomic E-state index is 12.0. The predicted molar refractivity (Wildman–Crippen MR) is 56.3 cm³/mol. The van der Waals surface area contributed by atoms with E-state index in [-0.39, 0.29) is 22.5 Å². The van der Waals surface area contributed by atoms with E-state index in [9.17, 15) is 4.79 Å². The minimum Gasteiger partial charge on any atom is -0.323 e. The standard InChI is InChI=1S/C10H15ClN2O/c1-9-4-3-6(10(9,2)5-11)7(13-12)8(9)14/h6H,3-5,12H2,1-2H3/b13-7-. The highest BCUT2D eigenvalue weighted by Gasteiger charge is 2.66. The molecule has 0 aromatic rings. The minimum absolute atomic E-state index is 0.111. The molecule has 0 aliphatic heterocycles. The monoisotopic (exact) mass is 214 g/mol. The fourth-order valence-corrected chi connectivity index (χ4v) is 3.54. The molecule has 2 N–H and O–H groups in total. The normalized spacial score (nSPS) is 49.2. The van der Waals surface area contributed by atoms with Gasteiger partial charge in [-0.2, -0.15) is 5.10 Å². The van der Waals surface area contributed by atoms with Gasteiger partial charge >= 0.3 is 0 Å². The maximum absolute atomic E-state index is 12.0. The summed E-state index contributed by atoms with van der Waals surface area (Å²) in [5.41, 5.74) is 0.0727.